The lowest BCUT2D eigenvalue weighted by molar-refractivity contribution is -0.143. The molecule has 2 aliphatic rings. The van der Waals surface area contributed by atoms with Crippen molar-refractivity contribution in [3.63, 3.8) is 0 Å². The third kappa shape index (κ3) is 12.7. The summed E-state index contributed by atoms with van der Waals surface area (Å²) < 4.78 is 11.5. The third-order valence-corrected chi connectivity index (χ3v) is 9.06. The predicted molar refractivity (Wildman–Crippen MR) is 193 cm³/mol. The largest absolute Gasteiger partial charge is 0.447 e. The average Bonchev–Trinajstić information content (AvgIpc) is 3.50. The molecule has 1 aliphatic heterocycles. The number of ether oxygens (including phenoxy) is 2. The van der Waals surface area contributed by atoms with E-state index >= 15 is 0 Å². The van der Waals surface area contributed by atoms with E-state index in [1.807, 2.05) is 20.8 Å². The normalized spacial score (nSPS) is 19.6. The number of carbonyl (C=O) groups is 7. The molecule has 14 nitrogen and oxygen atoms in total. The van der Waals surface area contributed by atoms with Gasteiger partial charge in [0.15, 0.2) is 5.78 Å². The van der Waals surface area contributed by atoms with Crippen LogP contribution in [0, 0.1) is 5.92 Å². The first kappa shape index (κ1) is 42.1. The molecule has 4 N–H and O–H groups in total. The van der Waals surface area contributed by atoms with Crippen molar-refractivity contribution in [2.75, 3.05) is 13.1 Å². The van der Waals surface area contributed by atoms with E-state index in [0.29, 0.717) is 12.0 Å². The fourth-order valence-electron chi connectivity index (χ4n) is 6.79. The number of hydrogen-bond donors (Lipinski definition) is 4. The summed E-state index contributed by atoms with van der Waals surface area (Å²) >= 11 is 0. The van der Waals surface area contributed by atoms with Crippen molar-refractivity contribution >= 4 is 41.3 Å². The molecule has 1 aliphatic carbocycles. The number of amides is 5. The number of alkyl carbamates (subject to hydrolysis) is 1. The molecule has 0 radical (unpaired) electrons. The Labute approximate surface area is 306 Å². The van der Waals surface area contributed by atoms with Gasteiger partial charge in [0.2, 0.25) is 23.5 Å². The lowest BCUT2D eigenvalue weighted by Gasteiger charge is -2.34. The molecule has 2 unspecified atom stereocenters. The van der Waals surface area contributed by atoms with Crippen LogP contribution in [-0.2, 0) is 38.2 Å². The van der Waals surface area contributed by atoms with E-state index in [4.69, 9.17) is 9.47 Å². The van der Waals surface area contributed by atoms with Crippen LogP contribution >= 0.6 is 0 Å². The first-order chi connectivity index (χ1) is 24.5. The Morgan fingerprint density at radius 3 is 2.15 bits per heavy atom. The molecule has 52 heavy (non-hydrogen) atoms. The summed E-state index contributed by atoms with van der Waals surface area (Å²) in [5, 5.41) is 10.3. The van der Waals surface area contributed by atoms with Crippen molar-refractivity contribution in [2.45, 2.75) is 142 Å². The molecule has 1 saturated carbocycles. The molecule has 288 valence electrons. The minimum Gasteiger partial charge on any atom is -0.447 e. The first-order valence-electron chi connectivity index (χ1n) is 18.4. The van der Waals surface area contributed by atoms with Crippen LogP contribution in [0.4, 0.5) is 4.79 Å². The van der Waals surface area contributed by atoms with E-state index in [-0.39, 0.29) is 31.1 Å². The Kier molecular flexibility index (Phi) is 15.8. The van der Waals surface area contributed by atoms with Gasteiger partial charge in [-0.05, 0) is 72.3 Å². The van der Waals surface area contributed by atoms with E-state index in [0.717, 1.165) is 32.1 Å². The van der Waals surface area contributed by atoms with Gasteiger partial charge >= 0.3 is 6.09 Å². The number of nitrogens with zero attached hydrogens (tertiary/aromatic N) is 1. The molecule has 1 aromatic carbocycles. The van der Waals surface area contributed by atoms with Gasteiger partial charge in [-0.3, -0.25) is 28.8 Å². The van der Waals surface area contributed by atoms with Gasteiger partial charge in [0, 0.05) is 13.0 Å². The van der Waals surface area contributed by atoms with Gasteiger partial charge in [-0.2, -0.15) is 0 Å². The van der Waals surface area contributed by atoms with Crippen molar-refractivity contribution in [1.82, 2.24) is 26.2 Å². The Morgan fingerprint density at radius 2 is 1.58 bits per heavy atom. The maximum Gasteiger partial charge on any atom is 0.408 e. The minimum atomic E-state index is -1.23. The monoisotopic (exact) mass is 727 g/mol. The minimum absolute atomic E-state index is 0.0878. The van der Waals surface area contributed by atoms with Gasteiger partial charge in [0.05, 0.1) is 30.4 Å². The fourth-order valence-corrected chi connectivity index (χ4v) is 6.79. The van der Waals surface area contributed by atoms with Gasteiger partial charge in [0.25, 0.3) is 5.91 Å². The van der Waals surface area contributed by atoms with Crippen LogP contribution < -0.4 is 21.3 Å². The summed E-state index contributed by atoms with van der Waals surface area (Å²) in [7, 11) is 0. The van der Waals surface area contributed by atoms with Crippen LogP contribution in [-0.4, -0.2) is 95.2 Å². The zero-order chi connectivity index (χ0) is 38.6. The second-order valence-electron chi connectivity index (χ2n) is 15.0. The maximum atomic E-state index is 14.3. The van der Waals surface area contributed by atoms with E-state index in [1.54, 1.807) is 51.1 Å². The number of benzene rings is 1. The number of carbonyl (C=O) groups excluding carboxylic acids is 7. The second-order valence-corrected chi connectivity index (χ2v) is 15.0. The van der Waals surface area contributed by atoms with Crippen molar-refractivity contribution < 1.29 is 43.0 Å². The molecule has 1 saturated heterocycles. The van der Waals surface area contributed by atoms with E-state index < -0.39 is 84.0 Å². The smallest absolute Gasteiger partial charge is 0.408 e. The highest BCUT2D eigenvalue weighted by molar-refractivity contribution is 6.38. The Morgan fingerprint density at radius 1 is 0.923 bits per heavy atom. The molecule has 5 amide bonds. The van der Waals surface area contributed by atoms with Crippen LogP contribution in [0.1, 0.15) is 111 Å². The highest BCUT2D eigenvalue weighted by atomic mass is 16.6. The van der Waals surface area contributed by atoms with Crippen molar-refractivity contribution in [1.29, 1.82) is 0 Å². The quantitative estimate of drug-likeness (QED) is 0.185. The predicted octanol–water partition coefficient (Wildman–Crippen LogP) is 3.27. The topological polar surface area (TPSA) is 189 Å². The summed E-state index contributed by atoms with van der Waals surface area (Å²) in [4.78, 5) is 93.7. The van der Waals surface area contributed by atoms with E-state index in [1.165, 1.54) is 11.8 Å². The van der Waals surface area contributed by atoms with Gasteiger partial charge in [-0.1, -0.05) is 62.9 Å². The lowest BCUT2D eigenvalue weighted by Crippen LogP contribution is -2.58. The second kappa shape index (κ2) is 19.5. The molecule has 1 aromatic rings. The molecule has 1 heterocycles. The number of nitrogens with one attached hydrogen (secondary N) is 4. The summed E-state index contributed by atoms with van der Waals surface area (Å²) in [5.74, 6) is -4.24. The van der Waals surface area contributed by atoms with Gasteiger partial charge in [-0.15, -0.1) is 0 Å². The summed E-state index contributed by atoms with van der Waals surface area (Å²) in [5.41, 5.74) is -0.00824. The zero-order valence-electron chi connectivity index (χ0n) is 31.6. The molecule has 2 fully saturated rings. The maximum absolute atomic E-state index is 14.3. The molecule has 0 spiro atoms. The fraction of sp³-hybridized carbons (Fsp3) is 0.658. The molecule has 5 atom stereocenters. The zero-order valence-corrected chi connectivity index (χ0v) is 31.6. The highest BCUT2D eigenvalue weighted by Gasteiger charge is 2.46. The summed E-state index contributed by atoms with van der Waals surface area (Å²) in [6, 6.07) is 4.49. The van der Waals surface area contributed by atoms with Crippen molar-refractivity contribution in [3.8, 4) is 0 Å². The summed E-state index contributed by atoms with van der Waals surface area (Å²) in [6.07, 6.45) is 3.38. The van der Waals surface area contributed by atoms with Crippen LogP contribution in [0.5, 0.6) is 0 Å². The average molecular weight is 728 g/mol. The number of rotatable bonds is 16. The standard InChI is InChI=1S/C38H57N5O9/c1-8-15-28(33(46)35(48)39-21-30(45)41-31(24(4)44)25-16-11-9-12-17-25)40-34(47)29-20-27(52-38(5,6)7)22-43(29)36(49)32(26-18-13-10-14-19-26)42-37(50)51-23(2)3/h9,11-12,16-17,23,26-29,31-32H,8,10,13-15,18-22H2,1-7H3,(H,39,48)(H,40,47)(H,41,45)(H,42,50)/t27-,28?,29?,31-,32+/m1/s1. The SMILES string of the molecule is CCCC(NC(=O)C1C[C@@H](OC(C)(C)C)CN1C(=O)[C@@H](NC(=O)OC(C)C)C1CCCCC1)C(=O)C(=O)NCC(=O)N[C@H](C(C)=O)c1ccccc1. The molecular weight excluding hydrogens is 670 g/mol. The van der Waals surface area contributed by atoms with Crippen molar-refractivity contribution in [3.05, 3.63) is 35.9 Å². The third-order valence-electron chi connectivity index (χ3n) is 9.06. The number of ketones is 2. The number of likely N-dealkylation sites (tertiary alicyclic amines) is 1. The molecule has 0 aromatic heterocycles. The molecule has 0 bridgehead atoms. The Hall–Kier alpha value is -4.33. The summed E-state index contributed by atoms with van der Waals surface area (Å²) in [6.45, 7) is 11.7. The van der Waals surface area contributed by atoms with Gasteiger partial charge < -0.3 is 35.6 Å². The Bertz CT molecular complexity index is 1420. The van der Waals surface area contributed by atoms with Crippen LogP contribution in [0.25, 0.3) is 0 Å². The van der Waals surface area contributed by atoms with E-state index in [9.17, 15) is 33.6 Å². The van der Waals surface area contributed by atoms with Gasteiger partial charge in [-0.25, -0.2) is 4.79 Å². The molecular formula is C38H57N5O9. The Balaban J connectivity index is 1.76. The number of Topliss-reactive ketones (excluding diaryl/α,β-unsaturated/α-hetero) is 2. The van der Waals surface area contributed by atoms with Gasteiger partial charge in [0.1, 0.15) is 18.1 Å². The lowest BCUT2D eigenvalue weighted by atomic mass is 9.83. The first-order valence-corrected chi connectivity index (χ1v) is 18.4. The highest BCUT2D eigenvalue weighted by Crippen LogP contribution is 2.31. The van der Waals surface area contributed by atoms with Crippen LogP contribution in [0.3, 0.4) is 0 Å². The number of hydrogen-bond acceptors (Lipinski definition) is 9. The van der Waals surface area contributed by atoms with Crippen LogP contribution in [0.15, 0.2) is 30.3 Å². The molecule has 14 heteroatoms. The van der Waals surface area contributed by atoms with Crippen LogP contribution in [0.2, 0.25) is 0 Å². The molecule has 3 rings (SSSR count). The van der Waals surface area contributed by atoms with Crippen molar-refractivity contribution in [2.24, 2.45) is 5.92 Å². The van der Waals surface area contributed by atoms with E-state index in [2.05, 4.69) is 21.3 Å².